The van der Waals surface area contributed by atoms with E-state index in [1.54, 1.807) is 6.20 Å². The molecule has 5 aromatic heterocycles. The van der Waals surface area contributed by atoms with Crippen molar-refractivity contribution in [2.24, 2.45) is 0 Å². The fraction of sp³-hybridized carbons (Fsp3) is 0. The number of fused-ring (bicyclic) bond motifs is 9. The third kappa shape index (κ3) is 6.06. The summed E-state index contributed by atoms with van der Waals surface area (Å²) in [6.07, 6.45) is 3.64. The third-order valence-corrected chi connectivity index (χ3v) is 14.4. The molecule has 5 heterocycles. The molecule has 0 saturated carbocycles. The molecule has 0 saturated heterocycles. The second-order valence-electron chi connectivity index (χ2n) is 18.0. The van der Waals surface area contributed by atoms with Crippen LogP contribution in [0.5, 0.6) is 0 Å². The highest BCUT2D eigenvalue weighted by atomic mass is 16.3. The van der Waals surface area contributed by atoms with Gasteiger partial charge < -0.3 is 13.6 Å². The molecule has 0 aliphatic rings. The summed E-state index contributed by atoms with van der Waals surface area (Å²) in [4.78, 5) is 20.3. The molecule has 7 nitrogen and oxygen atoms in total. The van der Waals surface area contributed by atoms with E-state index in [1.165, 1.54) is 60.2 Å². The summed E-state index contributed by atoms with van der Waals surface area (Å²) in [6, 6.07) is 57.8. The van der Waals surface area contributed by atoms with E-state index in [4.69, 9.17) is 24.4 Å². The van der Waals surface area contributed by atoms with Gasteiger partial charge in [0.2, 0.25) is 0 Å². The lowest BCUT2D eigenvalue weighted by molar-refractivity contribution is 0.667. The number of furan rings is 1. The zero-order chi connectivity index (χ0) is 45.8. The lowest BCUT2D eigenvalue weighted by atomic mass is 9.61. The molecule has 0 atom stereocenters. The van der Waals surface area contributed by atoms with Crippen LogP contribution in [0.2, 0.25) is 0 Å². The first-order chi connectivity index (χ1) is 33.3. The zero-order valence-corrected chi connectivity index (χ0v) is 38.3. The number of nitrogens with zero attached hydrogens (tertiary/aromatic N) is 6. The van der Waals surface area contributed by atoms with Crippen molar-refractivity contribution < 1.29 is 4.42 Å². The Balaban J connectivity index is 0.987. The minimum Gasteiger partial charge on any atom is -0.454 e. The number of para-hydroxylation sites is 3. The summed E-state index contributed by atoms with van der Waals surface area (Å²) in [5, 5.41) is 6.65. The van der Waals surface area contributed by atoms with E-state index in [0.29, 0.717) is 23.1 Å². The lowest BCUT2D eigenvalue weighted by Crippen LogP contribution is -2.56. The monoisotopic (exact) mass is 866 g/mol. The normalized spacial score (nSPS) is 11.8. The predicted molar refractivity (Wildman–Crippen MR) is 296 cm³/mol. The first-order valence-electron chi connectivity index (χ1n) is 23.1. The Kier molecular flexibility index (Phi) is 9.03. The Bertz CT molecular complexity index is 4190. The molecule has 0 spiro atoms. The van der Waals surface area contributed by atoms with Crippen molar-refractivity contribution in [3.05, 3.63) is 176 Å². The van der Waals surface area contributed by atoms with Crippen LogP contribution >= 0.6 is 0 Å². The Morgan fingerprint density at radius 1 is 0.368 bits per heavy atom. The van der Waals surface area contributed by atoms with Gasteiger partial charge in [0.05, 0.1) is 28.3 Å². The highest BCUT2D eigenvalue weighted by Crippen LogP contribution is 2.40. The van der Waals surface area contributed by atoms with Crippen LogP contribution in [0.3, 0.4) is 0 Å². The van der Waals surface area contributed by atoms with Gasteiger partial charge in [-0.05, 0) is 65.7 Å². The van der Waals surface area contributed by atoms with Gasteiger partial charge >= 0.3 is 0 Å². The van der Waals surface area contributed by atoms with E-state index in [-0.39, 0.29) is 0 Å². The molecule has 0 radical (unpaired) electrons. The molecule has 13 aromatic rings. The minimum atomic E-state index is 0.519. The maximum atomic E-state index is 6.56. The van der Waals surface area contributed by atoms with Crippen LogP contribution in [0.4, 0.5) is 0 Å². The van der Waals surface area contributed by atoms with Crippen molar-refractivity contribution in [1.82, 2.24) is 29.1 Å². The molecule has 0 fully saturated rings. The number of hydrogen-bond donors (Lipinski definition) is 0. The van der Waals surface area contributed by atoms with Gasteiger partial charge in [-0.3, -0.25) is 4.98 Å². The molecule has 0 bridgehead atoms. The van der Waals surface area contributed by atoms with Gasteiger partial charge in [0.15, 0.2) is 23.1 Å². The standard InChI is InChI=1S/C56H39B5N6O/c57-48-49(58)51(60)53(52(61)50(48)59)67-42-18-10-8-16-36(42)38-25-31(20-23-43(38)67)32-21-24-45-39(26-32)47-40(28-62-29-46(47)68-45)56-64-54(30-11-3-1-4-12-30)63-55(65-56)33-19-22-37-35-15-7-9-17-41(35)66(44(37)27-33)34-13-5-2-6-14-34/h1-29H,57-61H2. The highest BCUT2D eigenvalue weighted by molar-refractivity contribution is 6.68. The molecule has 12 heteroatoms. The van der Waals surface area contributed by atoms with Gasteiger partial charge in [-0.25, -0.2) is 15.0 Å². The highest BCUT2D eigenvalue weighted by Gasteiger charge is 2.22. The fourth-order valence-corrected chi connectivity index (χ4v) is 10.6. The Morgan fingerprint density at radius 2 is 0.912 bits per heavy atom. The van der Waals surface area contributed by atoms with E-state index < -0.39 is 0 Å². The Labute approximate surface area is 396 Å². The zero-order valence-electron chi connectivity index (χ0n) is 38.3. The molecule has 0 N–H and O–H groups in total. The maximum absolute atomic E-state index is 6.56. The SMILES string of the molecule is Bc1c(B)c(B)c(-n2c3ccccc3c3cc(-c4ccc5oc6cncc(-c7nc(-c8ccccc8)nc(-c8ccc9c%10ccccc%10n(-c%10ccccc%10)c9c8)n7)c6c5c4)ccc32)c(B)c1B. The van der Waals surface area contributed by atoms with Crippen LogP contribution < -0.4 is 27.3 Å². The minimum absolute atomic E-state index is 0.519. The third-order valence-electron chi connectivity index (χ3n) is 14.4. The lowest BCUT2D eigenvalue weighted by Gasteiger charge is -2.22. The van der Waals surface area contributed by atoms with Gasteiger partial charge in [0.1, 0.15) is 44.8 Å². The smallest absolute Gasteiger partial charge is 0.166 e. The molecule has 0 aliphatic heterocycles. The average Bonchev–Trinajstić information content (AvgIpc) is 4.05. The van der Waals surface area contributed by atoms with Gasteiger partial charge in [-0.15, -0.1) is 5.46 Å². The van der Waals surface area contributed by atoms with Crippen molar-refractivity contribution in [2.45, 2.75) is 0 Å². The number of hydrogen-bond acceptors (Lipinski definition) is 5. The summed E-state index contributed by atoms with van der Waals surface area (Å²) in [5.74, 6) is 1.67. The molecule has 0 aliphatic carbocycles. The quantitative estimate of drug-likeness (QED) is 0.212. The van der Waals surface area contributed by atoms with Crippen molar-refractivity contribution in [3.8, 4) is 56.7 Å². The first-order valence-corrected chi connectivity index (χ1v) is 23.1. The molecular formula is C56H39B5N6O. The molecule has 0 amide bonds. The largest absolute Gasteiger partial charge is 0.454 e. The number of pyridine rings is 1. The molecule has 314 valence electrons. The predicted octanol–water partition coefficient (Wildman–Crippen LogP) is 5.32. The second-order valence-corrected chi connectivity index (χ2v) is 18.0. The van der Waals surface area contributed by atoms with E-state index in [1.807, 2.05) is 36.5 Å². The van der Waals surface area contributed by atoms with Crippen LogP contribution in [0.1, 0.15) is 0 Å². The number of aromatic nitrogens is 6. The summed E-state index contributed by atoms with van der Waals surface area (Å²) in [7, 11) is 11.3. The van der Waals surface area contributed by atoms with Gasteiger partial charge in [-0.1, -0.05) is 131 Å². The fourth-order valence-electron chi connectivity index (χ4n) is 10.6. The Morgan fingerprint density at radius 3 is 1.65 bits per heavy atom. The topological polar surface area (TPSA) is 74.6 Å². The molecule has 8 aromatic carbocycles. The van der Waals surface area contributed by atoms with Gasteiger partial charge in [0.25, 0.3) is 0 Å². The van der Waals surface area contributed by atoms with Crippen LogP contribution in [0.25, 0.3) is 122 Å². The average molecular weight is 866 g/mol. The van der Waals surface area contributed by atoms with E-state index in [2.05, 4.69) is 182 Å². The number of benzene rings is 8. The van der Waals surface area contributed by atoms with Crippen LogP contribution in [0.15, 0.2) is 181 Å². The summed E-state index contributed by atoms with van der Waals surface area (Å²) in [6.45, 7) is 0. The van der Waals surface area contributed by atoms with Crippen molar-refractivity contribution >= 4 is 132 Å². The molecule has 68 heavy (non-hydrogen) atoms. The second kappa shape index (κ2) is 15.4. The van der Waals surface area contributed by atoms with Gasteiger partial charge in [-0.2, -0.15) is 0 Å². The van der Waals surface area contributed by atoms with Crippen molar-refractivity contribution in [3.63, 3.8) is 0 Å². The van der Waals surface area contributed by atoms with Gasteiger partial charge in [0, 0.05) is 66.6 Å². The molecule has 0 unspecified atom stereocenters. The van der Waals surface area contributed by atoms with Crippen molar-refractivity contribution in [2.75, 3.05) is 0 Å². The number of rotatable bonds is 6. The van der Waals surface area contributed by atoms with Crippen molar-refractivity contribution in [1.29, 1.82) is 0 Å². The van der Waals surface area contributed by atoms with E-state index >= 15 is 0 Å². The van der Waals surface area contributed by atoms with Crippen LogP contribution in [-0.4, -0.2) is 68.3 Å². The first kappa shape index (κ1) is 40.0. The maximum Gasteiger partial charge on any atom is 0.166 e. The van der Waals surface area contributed by atoms with E-state index in [0.717, 1.165) is 66.3 Å². The summed E-state index contributed by atoms with van der Waals surface area (Å²) < 4.78 is 11.3. The van der Waals surface area contributed by atoms with E-state index in [9.17, 15) is 0 Å². The summed E-state index contributed by atoms with van der Waals surface area (Å²) in [5.41, 5.74) is 19.8. The van der Waals surface area contributed by atoms with Crippen LogP contribution in [0, 0.1) is 0 Å². The summed E-state index contributed by atoms with van der Waals surface area (Å²) >= 11 is 0. The molecular weight excluding hydrogens is 827 g/mol. The molecule has 13 rings (SSSR count). The Hall–Kier alpha value is -8.36. The van der Waals surface area contributed by atoms with Crippen LogP contribution in [-0.2, 0) is 0 Å².